The number of hydrogen-bond donors (Lipinski definition) is 1. The van der Waals surface area contributed by atoms with Crippen LogP contribution in [0.4, 0.5) is 5.69 Å². The summed E-state index contributed by atoms with van der Waals surface area (Å²) in [5.41, 5.74) is 3.81. The molecule has 28 heavy (non-hydrogen) atoms. The molecule has 0 saturated heterocycles. The highest BCUT2D eigenvalue weighted by Gasteiger charge is 2.12. The molecule has 1 aliphatic carbocycles. The first-order chi connectivity index (χ1) is 13.1. The third-order valence-corrected chi connectivity index (χ3v) is 4.60. The number of rotatable bonds is 5. The molecular weight excluding hydrogens is 356 g/mol. The van der Waals surface area contributed by atoms with Gasteiger partial charge in [0.1, 0.15) is 24.3 Å². The van der Waals surface area contributed by atoms with Gasteiger partial charge in [-0.1, -0.05) is 7.43 Å². The summed E-state index contributed by atoms with van der Waals surface area (Å²) in [6, 6.07) is 12.5. The zero-order chi connectivity index (χ0) is 19.8. The topological polar surface area (TPSA) is 81.9 Å². The van der Waals surface area contributed by atoms with Crippen molar-refractivity contribution in [2.75, 3.05) is 31.1 Å². The van der Waals surface area contributed by atoms with Gasteiger partial charge in [0.2, 0.25) is 5.36 Å². The Hall–Kier alpha value is -2.96. The Morgan fingerprint density at radius 2 is 1.71 bits per heavy atom. The molecular formula is C21H31N4O3+. The first-order valence-electron chi connectivity index (χ1n) is 9.25. The van der Waals surface area contributed by atoms with Crippen LogP contribution in [-0.4, -0.2) is 36.4 Å². The highest BCUT2D eigenvalue weighted by molar-refractivity contribution is 5.80. The predicted octanol–water partition coefficient (Wildman–Crippen LogP) is 4.37. The van der Waals surface area contributed by atoms with Gasteiger partial charge in [-0.25, -0.2) is 9.56 Å². The van der Waals surface area contributed by atoms with Crippen molar-refractivity contribution in [3.05, 3.63) is 46.7 Å². The predicted molar refractivity (Wildman–Crippen MR) is 115 cm³/mol. The lowest BCUT2D eigenvalue weighted by atomic mass is 10.2. The van der Waals surface area contributed by atoms with Crippen LogP contribution < -0.4 is 14.8 Å². The van der Waals surface area contributed by atoms with Gasteiger partial charge in [-0.2, -0.15) is 0 Å². The van der Waals surface area contributed by atoms with Gasteiger partial charge in [0, 0.05) is 30.9 Å². The van der Waals surface area contributed by atoms with Crippen LogP contribution in [0.5, 0.6) is 0 Å². The zero-order valence-electron chi connectivity index (χ0n) is 16.3. The molecule has 0 aromatic heterocycles. The van der Waals surface area contributed by atoms with Gasteiger partial charge in [-0.05, 0) is 45.9 Å². The Kier molecular flexibility index (Phi) is 9.08. The minimum Gasteiger partial charge on any atom is -0.452 e. The van der Waals surface area contributed by atoms with Gasteiger partial charge in [0.05, 0.1) is 6.07 Å². The molecule has 1 aromatic carbocycles. The van der Waals surface area contributed by atoms with Crippen molar-refractivity contribution in [1.82, 2.24) is 9.56 Å². The van der Waals surface area contributed by atoms with Crippen molar-refractivity contribution in [3.63, 3.8) is 0 Å². The van der Waals surface area contributed by atoms with Gasteiger partial charge in [-0.15, -0.1) is 4.91 Å². The molecule has 7 nitrogen and oxygen atoms in total. The maximum atomic E-state index is 8.11. The van der Waals surface area contributed by atoms with Crippen molar-refractivity contribution in [3.8, 4) is 11.5 Å². The summed E-state index contributed by atoms with van der Waals surface area (Å²) in [4.78, 5) is 15.2. The standard InChI is InChI=1S/C20H26N3O.CH4.HNO2/c1-5-22(6-2)15-9-11-17-19(13-15)24-20-14-16(23(7-3)8-4)10-12-18(20)21-17;;2-1-3/h9-14H,5-8H2,1-4H3;1H4;(H,2,3)/q+1;;. The van der Waals surface area contributed by atoms with E-state index in [0.717, 1.165) is 48.7 Å². The summed E-state index contributed by atoms with van der Waals surface area (Å²) in [5.74, 6) is 0.837. The van der Waals surface area contributed by atoms with Crippen LogP contribution in [0, 0.1) is 4.91 Å². The minimum atomic E-state index is 0. The minimum absolute atomic E-state index is 0. The summed E-state index contributed by atoms with van der Waals surface area (Å²) in [5, 5.41) is 9.07. The van der Waals surface area contributed by atoms with Crippen LogP contribution in [0.1, 0.15) is 35.1 Å². The summed E-state index contributed by atoms with van der Waals surface area (Å²) in [6.45, 7) is 12.6. The van der Waals surface area contributed by atoms with Crippen molar-refractivity contribution in [2.45, 2.75) is 35.1 Å². The molecule has 0 spiro atoms. The van der Waals surface area contributed by atoms with Crippen molar-refractivity contribution in [1.29, 1.82) is 0 Å². The second-order valence-electron chi connectivity index (χ2n) is 5.94. The highest BCUT2D eigenvalue weighted by Crippen LogP contribution is 2.26. The van der Waals surface area contributed by atoms with Crippen LogP contribution in [0.2, 0.25) is 0 Å². The fourth-order valence-electron chi connectivity index (χ4n) is 3.17. The lowest BCUT2D eigenvalue weighted by molar-refractivity contribution is 0.312. The lowest BCUT2D eigenvalue weighted by Crippen LogP contribution is -2.29. The average molecular weight is 388 g/mol. The van der Waals surface area contributed by atoms with Gasteiger partial charge >= 0.3 is 0 Å². The first kappa shape index (κ1) is 23.1. The molecule has 7 heteroatoms. The zero-order valence-corrected chi connectivity index (χ0v) is 16.3. The number of hydrogen-bond acceptors (Lipinski definition) is 5. The third-order valence-electron chi connectivity index (χ3n) is 4.60. The van der Waals surface area contributed by atoms with Crippen molar-refractivity contribution in [2.24, 2.45) is 5.34 Å². The molecule has 0 unspecified atom stereocenters. The Bertz CT molecular complexity index is 926. The smallest absolute Gasteiger partial charge is 0.203 e. The van der Waals surface area contributed by atoms with Gasteiger partial charge in [-0.3, -0.25) is 0 Å². The van der Waals surface area contributed by atoms with E-state index in [0.29, 0.717) is 0 Å². The second-order valence-corrected chi connectivity index (χ2v) is 5.94. The van der Waals surface area contributed by atoms with E-state index in [1.807, 2.05) is 12.1 Å². The van der Waals surface area contributed by atoms with E-state index in [1.54, 1.807) is 0 Å². The molecule has 0 bridgehead atoms. The highest BCUT2D eigenvalue weighted by atomic mass is 16.6. The molecule has 152 valence electrons. The molecule has 1 heterocycles. The Morgan fingerprint density at radius 3 is 2.29 bits per heavy atom. The quantitative estimate of drug-likeness (QED) is 0.304. The van der Waals surface area contributed by atoms with E-state index in [-0.39, 0.29) is 7.43 Å². The summed E-state index contributed by atoms with van der Waals surface area (Å²) < 4.78 is 8.50. The molecule has 0 radical (unpaired) electrons. The van der Waals surface area contributed by atoms with E-state index in [1.165, 1.54) is 16.4 Å². The summed E-state index contributed by atoms with van der Waals surface area (Å²) in [6.07, 6.45) is 0. The number of anilines is 1. The Labute approximate surface area is 166 Å². The second kappa shape index (κ2) is 11.0. The molecule has 0 fully saturated rings. The molecule has 1 aromatic rings. The molecule has 3 rings (SSSR count). The fourth-order valence-corrected chi connectivity index (χ4v) is 3.17. The van der Waals surface area contributed by atoms with Gasteiger partial charge in [0.25, 0.3) is 0 Å². The molecule has 1 N–H and O–H groups in total. The van der Waals surface area contributed by atoms with Gasteiger partial charge < -0.3 is 14.5 Å². The molecule has 0 amide bonds. The number of fused-ring (bicyclic) bond motifs is 2. The number of nitrogens with zero attached hydrogens (tertiary/aromatic N) is 4. The van der Waals surface area contributed by atoms with E-state index < -0.39 is 0 Å². The van der Waals surface area contributed by atoms with Crippen molar-refractivity contribution < 1.29 is 9.62 Å². The summed E-state index contributed by atoms with van der Waals surface area (Å²) in [7, 11) is 0. The molecule has 2 aliphatic rings. The molecule has 0 saturated carbocycles. The van der Waals surface area contributed by atoms with Crippen LogP contribution in [0.3, 0.4) is 0 Å². The average Bonchev–Trinajstić information content (AvgIpc) is 2.69. The lowest BCUT2D eigenvalue weighted by Gasteiger charge is -2.21. The molecule has 1 aliphatic heterocycles. The maximum Gasteiger partial charge on any atom is 0.203 e. The van der Waals surface area contributed by atoms with Gasteiger partial charge in [0.15, 0.2) is 16.7 Å². The van der Waals surface area contributed by atoms with E-state index in [2.05, 4.69) is 61.4 Å². The SMILES string of the molecule is C.CCN(CC)c1ccc2nc3ccc(=[N+](CC)CC)cc-3oc2c1.O=NO. The monoisotopic (exact) mass is 387 g/mol. The first-order valence-corrected chi connectivity index (χ1v) is 9.25. The number of benzene rings is 2. The van der Waals surface area contributed by atoms with Crippen LogP contribution >= 0.6 is 0 Å². The largest absolute Gasteiger partial charge is 0.452 e. The molecule has 0 atom stereocenters. The van der Waals surface area contributed by atoms with Crippen LogP contribution in [0.15, 0.2) is 46.2 Å². The Balaban J connectivity index is 0.000000921. The fraction of sp³-hybridized carbons (Fsp3) is 0.429. The van der Waals surface area contributed by atoms with Crippen molar-refractivity contribution >= 4 is 16.8 Å². The van der Waals surface area contributed by atoms with Crippen LogP contribution in [0.25, 0.3) is 22.6 Å². The Morgan fingerprint density at radius 1 is 1.07 bits per heavy atom. The van der Waals surface area contributed by atoms with E-state index in [9.17, 15) is 0 Å². The van der Waals surface area contributed by atoms with Crippen LogP contribution in [-0.2, 0) is 0 Å². The normalized spacial score (nSPS) is 10.0. The summed E-state index contributed by atoms with van der Waals surface area (Å²) >= 11 is 0. The van der Waals surface area contributed by atoms with E-state index >= 15 is 0 Å². The number of aromatic nitrogens is 1. The third kappa shape index (κ3) is 5.06. The van der Waals surface area contributed by atoms with E-state index in [4.69, 9.17) is 19.5 Å². The maximum absolute atomic E-state index is 8.11.